The quantitative estimate of drug-likeness (QED) is 0.855. The fourth-order valence-electron chi connectivity index (χ4n) is 2.40. The summed E-state index contributed by atoms with van der Waals surface area (Å²) in [5, 5.41) is 14.4. The van der Waals surface area contributed by atoms with E-state index in [1.165, 1.54) is 6.07 Å². The molecule has 0 aliphatic carbocycles. The fourth-order valence-corrected chi connectivity index (χ4v) is 2.70. The molecular formula is C18H16Cl2NO3-. The first kappa shape index (κ1) is 18.3. The van der Waals surface area contributed by atoms with Crippen LogP contribution in [0.5, 0.6) is 0 Å². The van der Waals surface area contributed by atoms with Gasteiger partial charge < -0.3 is 15.2 Å². The van der Waals surface area contributed by atoms with Crippen LogP contribution in [0, 0.1) is 12.8 Å². The third-order valence-electron chi connectivity index (χ3n) is 3.54. The molecule has 1 N–H and O–H groups in total. The van der Waals surface area contributed by atoms with Gasteiger partial charge in [0.1, 0.15) is 0 Å². The first-order chi connectivity index (χ1) is 11.3. The number of carboxylic acid groups (broad SMARTS) is 1. The van der Waals surface area contributed by atoms with Gasteiger partial charge in [-0.3, -0.25) is 4.79 Å². The Labute approximate surface area is 150 Å². The van der Waals surface area contributed by atoms with Gasteiger partial charge in [0.25, 0.3) is 0 Å². The van der Waals surface area contributed by atoms with Crippen molar-refractivity contribution in [1.82, 2.24) is 0 Å². The van der Waals surface area contributed by atoms with Gasteiger partial charge in [-0.2, -0.15) is 0 Å². The predicted molar refractivity (Wildman–Crippen MR) is 93.1 cm³/mol. The average Bonchev–Trinajstić information content (AvgIpc) is 2.50. The Morgan fingerprint density at radius 2 is 1.88 bits per heavy atom. The van der Waals surface area contributed by atoms with Crippen LogP contribution in [-0.4, -0.2) is 11.9 Å². The van der Waals surface area contributed by atoms with Gasteiger partial charge in [-0.05, 0) is 43.5 Å². The van der Waals surface area contributed by atoms with Crippen molar-refractivity contribution in [3.63, 3.8) is 0 Å². The second-order valence-corrected chi connectivity index (χ2v) is 6.40. The van der Waals surface area contributed by atoms with Crippen LogP contribution in [-0.2, 0) is 16.0 Å². The van der Waals surface area contributed by atoms with E-state index in [0.29, 0.717) is 22.2 Å². The summed E-state index contributed by atoms with van der Waals surface area (Å²) in [6.07, 6.45) is -0.0517. The second-order valence-electron chi connectivity index (χ2n) is 5.58. The Kier molecular flexibility index (Phi) is 6.23. The largest absolute Gasteiger partial charge is 0.550 e. The van der Waals surface area contributed by atoms with Gasteiger partial charge in [0, 0.05) is 17.6 Å². The molecule has 0 aliphatic heterocycles. The SMILES string of the molecule is Cc1cccc(C[C@H](CC(=O)[O-])C(=O)Nc2ccc(Cl)c(Cl)c2)c1. The van der Waals surface area contributed by atoms with Crippen LogP contribution in [0.15, 0.2) is 42.5 Å². The van der Waals surface area contributed by atoms with E-state index in [0.717, 1.165) is 11.1 Å². The highest BCUT2D eigenvalue weighted by molar-refractivity contribution is 6.42. The number of aliphatic carboxylic acids is 1. The summed E-state index contributed by atoms with van der Waals surface area (Å²) < 4.78 is 0. The Morgan fingerprint density at radius 3 is 2.50 bits per heavy atom. The van der Waals surface area contributed by atoms with Gasteiger partial charge in [0.15, 0.2) is 0 Å². The van der Waals surface area contributed by atoms with Crippen molar-refractivity contribution in [2.45, 2.75) is 19.8 Å². The third kappa shape index (κ3) is 5.25. The molecule has 1 amide bonds. The fraction of sp³-hybridized carbons (Fsp3) is 0.222. The monoisotopic (exact) mass is 364 g/mol. The highest BCUT2D eigenvalue weighted by atomic mass is 35.5. The van der Waals surface area contributed by atoms with Gasteiger partial charge in [0.2, 0.25) is 5.91 Å². The van der Waals surface area contributed by atoms with Crippen molar-refractivity contribution >= 4 is 40.8 Å². The lowest BCUT2D eigenvalue weighted by Gasteiger charge is -2.18. The predicted octanol–water partition coefficient (Wildman–Crippen LogP) is 3.24. The molecule has 0 saturated carbocycles. The number of rotatable bonds is 6. The number of hydrogen-bond acceptors (Lipinski definition) is 3. The van der Waals surface area contributed by atoms with Crippen molar-refractivity contribution in [2.24, 2.45) is 5.92 Å². The number of anilines is 1. The minimum Gasteiger partial charge on any atom is -0.550 e. The smallest absolute Gasteiger partial charge is 0.228 e. The molecule has 6 heteroatoms. The molecule has 0 spiro atoms. The number of carbonyl (C=O) groups is 2. The molecule has 0 aliphatic rings. The Bertz CT molecular complexity index is 762. The summed E-state index contributed by atoms with van der Waals surface area (Å²) in [7, 11) is 0. The lowest BCUT2D eigenvalue weighted by atomic mass is 9.94. The van der Waals surface area contributed by atoms with E-state index in [1.54, 1.807) is 12.1 Å². The van der Waals surface area contributed by atoms with Crippen LogP contribution in [0.3, 0.4) is 0 Å². The molecule has 0 fully saturated rings. The summed E-state index contributed by atoms with van der Waals surface area (Å²) in [4.78, 5) is 23.4. The van der Waals surface area contributed by atoms with Crippen LogP contribution in [0.4, 0.5) is 5.69 Å². The minimum absolute atomic E-state index is 0.308. The Hall–Kier alpha value is -2.04. The third-order valence-corrected chi connectivity index (χ3v) is 4.27. The first-order valence-electron chi connectivity index (χ1n) is 7.36. The maximum Gasteiger partial charge on any atom is 0.228 e. The maximum atomic E-state index is 12.5. The van der Waals surface area contributed by atoms with Crippen molar-refractivity contribution in [2.75, 3.05) is 5.32 Å². The molecule has 4 nitrogen and oxygen atoms in total. The molecular weight excluding hydrogens is 349 g/mol. The lowest BCUT2D eigenvalue weighted by molar-refractivity contribution is -0.306. The van der Waals surface area contributed by atoms with Gasteiger partial charge in [0.05, 0.1) is 10.0 Å². The van der Waals surface area contributed by atoms with Crippen molar-refractivity contribution < 1.29 is 14.7 Å². The van der Waals surface area contributed by atoms with Gasteiger partial charge >= 0.3 is 0 Å². The second kappa shape index (κ2) is 8.18. The zero-order chi connectivity index (χ0) is 17.7. The molecule has 0 bridgehead atoms. The maximum absolute atomic E-state index is 12.5. The number of benzene rings is 2. The van der Waals surface area contributed by atoms with Crippen LogP contribution < -0.4 is 10.4 Å². The summed E-state index contributed by atoms with van der Waals surface area (Å²) in [5.74, 6) is -2.41. The molecule has 0 radical (unpaired) electrons. The molecule has 2 aromatic carbocycles. The number of halogens is 2. The first-order valence-corrected chi connectivity index (χ1v) is 8.12. The molecule has 0 heterocycles. The number of nitrogens with one attached hydrogen (secondary N) is 1. The highest BCUT2D eigenvalue weighted by Crippen LogP contribution is 2.25. The van der Waals surface area contributed by atoms with Crippen molar-refractivity contribution in [3.05, 3.63) is 63.6 Å². The van der Waals surface area contributed by atoms with Crippen LogP contribution in [0.25, 0.3) is 0 Å². The normalized spacial score (nSPS) is 11.8. The number of hydrogen-bond donors (Lipinski definition) is 1. The molecule has 126 valence electrons. The van der Waals surface area contributed by atoms with E-state index in [9.17, 15) is 14.7 Å². The van der Waals surface area contributed by atoms with Gasteiger partial charge in [-0.15, -0.1) is 0 Å². The summed E-state index contributed by atoms with van der Waals surface area (Å²) in [5.41, 5.74) is 2.40. The zero-order valence-electron chi connectivity index (χ0n) is 13.0. The minimum atomic E-state index is -1.27. The Morgan fingerprint density at radius 1 is 1.12 bits per heavy atom. The van der Waals surface area contributed by atoms with Gasteiger partial charge in [-0.25, -0.2) is 0 Å². The van der Waals surface area contributed by atoms with Crippen LogP contribution in [0.1, 0.15) is 17.5 Å². The number of amides is 1. The zero-order valence-corrected chi connectivity index (χ0v) is 14.5. The lowest BCUT2D eigenvalue weighted by Crippen LogP contribution is -2.32. The van der Waals surface area contributed by atoms with E-state index >= 15 is 0 Å². The molecule has 2 rings (SSSR count). The van der Waals surface area contributed by atoms with E-state index in [1.807, 2.05) is 31.2 Å². The molecule has 24 heavy (non-hydrogen) atoms. The summed E-state index contributed by atoms with van der Waals surface area (Å²) in [6.45, 7) is 1.94. The number of carbonyl (C=O) groups excluding carboxylic acids is 2. The standard InChI is InChI=1S/C18H17Cl2NO3/c1-11-3-2-4-12(7-11)8-13(9-17(22)23)18(24)21-14-5-6-15(19)16(20)10-14/h2-7,10,13H,8-9H2,1H3,(H,21,24)(H,22,23)/p-1/t13-/m1/s1. The van der Waals surface area contributed by atoms with Crippen molar-refractivity contribution in [1.29, 1.82) is 0 Å². The summed E-state index contributed by atoms with van der Waals surface area (Å²) >= 11 is 11.8. The van der Waals surface area contributed by atoms with E-state index in [-0.39, 0.29) is 6.42 Å². The van der Waals surface area contributed by atoms with E-state index in [4.69, 9.17) is 23.2 Å². The van der Waals surface area contributed by atoms with E-state index in [2.05, 4.69) is 5.32 Å². The number of aryl methyl sites for hydroxylation is 1. The number of carboxylic acids is 1. The highest BCUT2D eigenvalue weighted by Gasteiger charge is 2.20. The topological polar surface area (TPSA) is 69.2 Å². The molecule has 1 atom stereocenters. The van der Waals surface area contributed by atoms with Crippen LogP contribution in [0.2, 0.25) is 10.0 Å². The van der Waals surface area contributed by atoms with E-state index < -0.39 is 17.8 Å². The van der Waals surface area contributed by atoms with Gasteiger partial charge in [-0.1, -0.05) is 53.0 Å². The molecule has 2 aromatic rings. The molecule has 0 aromatic heterocycles. The van der Waals surface area contributed by atoms with Crippen LogP contribution >= 0.6 is 23.2 Å². The molecule has 0 saturated heterocycles. The Balaban J connectivity index is 2.15. The summed E-state index contributed by atoms with van der Waals surface area (Å²) in [6, 6.07) is 12.3. The average molecular weight is 365 g/mol. The molecule has 0 unspecified atom stereocenters. The van der Waals surface area contributed by atoms with Crippen molar-refractivity contribution in [3.8, 4) is 0 Å².